The molecule has 20 heavy (non-hydrogen) atoms. The van der Waals surface area contributed by atoms with Crippen LogP contribution in [0.25, 0.3) is 11.1 Å². The van der Waals surface area contributed by atoms with E-state index in [4.69, 9.17) is 0 Å². The van der Waals surface area contributed by atoms with Gasteiger partial charge in [0.2, 0.25) is 0 Å². The highest BCUT2D eigenvalue weighted by Crippen LogP contribution is 2.37. The van der Waals surface area contributed by atoms with Gasteiger partial charge in [-0.25, -0.2) is 4.39 Å². The van der Waals surface area contributed by atoms with E-state index in [0.717, 1.165) is 17.0 Å². The van der Waals surface area contributed by atoms with Crippen molar-refractivity contribution in [2.45, 2.75) is 31.7 Å². The van der Waals surface area contributed by atoms with Gasteiger partial charge in [-0.05, 0) is 54.6 Å². The van der Waals surface area contributed by atoms with Crippen LogP contribution in [0.3, 0.4) is 0 Å². The van der Waals surface area contributed by atoms with Crippen molar-refractivity contribution < 1.29 is 4.39 Å². The van der Waals surface area contributed by atoms with Gasteiger partial charge in [0.05, 0.1) is 0 Å². The second-order valence-corrected chi connectivity index (χ2v) is 5.59. The molecule has 0 saturated heterocycles. The largest absolute Gasteiger partial charge is 0.316 e. The highest BCUT2D eigenvalue weighted by molar-refractivity contribution is 5.64. The third kappa shape index (κ3) is 2.61. The Morgan fingerprint density at radius 1 is 1.05 bits per heavy atom. The second kappa shape index (κ2) is 5.76. The van der Waals surface area contributed by atoms with E-state index in [1.807, 2.05) is 19.2 Å². The number of benzene rings is 2. The van der Waals surface area contributed by atoms with Crippen molar-refractivity contribution >= 4 is 0 Å². The Hall–Kier alpha value is -1.67. The second-order valence-electron chi connectivity index (χ2n) is 5.59. The first-order valence-corrected chi connectivity index (χ1v) is 7.31. The Morgan fingerprint density at radius 3 is 2.35 bits per heavy atom. The molecular formula is C18H20FN. The summed E-state index contributed by atoms with van der Waals surface area (Å²) in [4.78, 5) is 0. The maximum absolute atomic E-state index is 13.7. The molecule has 0 heterocycles. The van der Waals surface area contributed by atoms with Crippen LogP contribution in [0.2, 0.25) is 0 Å². The van der Waals surface area contributed by atoms with Crippen LogP contribution in [0.15, 0.2) is 42.5 Å². The number of hydrogen-bond acceptors (Lipinski definition) is 1. The Morgan fingerprint density at radius 2 is 1.75 bits per heavy atom. The Labute approximate surface area is 119 Å². The zero-order valence-electron chi connectivity index (χ0n) is 11.8. The number of rotatable bonds is 4. The van der Waals surface area contributed by atoms with Gasteiger partial charge < -0.3 is 5.32 Å². The van der Waals surface area contributed by atoms with E-state index < -0.39 is 0 Å². The van der Waals surface area contributed by atoms with Crippen LogP contribution in [0, 0.1) is 5.82 Å². The van der Waals surface area contributed by atoms with Crippen molar-refractivity contribution in [1.29, 1.82) is 0 Å². The van der Waals surface area contributed by atoms with E-state index in [2.05, 4.69) is 29.6 Å². The number of hydrogen-bond donors (Lipinski definition) is 1. The predicted octanol–water partition coefficient (Wildman–Crippen LogP) is 4.48. The molecular weight excluding hydrogens is 249 g/mol. The predicted molar refractivity (Wildman–Crippen MR) is 81.2 cm³/mol. The summed E-state index contributed by atoms with van der Waals surface area (Å²) in [6, 6.07) is 14.1. The van der Waals surface area contributed by atoms with Gasteiger partial charge >= 0.3 is 0 Å². The van der Waals surface area contributed by atoms with Crippen LogP contribution in [0.1, 0.15) is 36.3 Å². The van der Waals surface area contributed by atoms with E-state index in [1.54, 1.807) is 6.07 Å². The van der Waals surface area contributed by atoms with Gasteiger partial charge in [-0.2, -0.15) is 0 Å². The van der Waals surface area contributed by atoms with Crippen molar-refractivity contribution in [3.05, 3.63) is 59.4 Å². The summed E-state index contributed by atoms with van der Waals surface area (Å²) in [6.07, 6.45) is 4.00. The summed E-state index contributed by atoms with van der Waals surface area (Å²) in [5.41, 5.74) is 4.40. The monoisotopic (exact) mass is 269 g/mol. The highest BCUT2D eigenvalue weighted by atomic mass is 19.1. The average molecular weight is 269 g/mol. The van der Waals surface area contributed by atoms with Gasteiger partial charge in [-0.1, -0.05) is 36.8 Å². The molecule has 1 aliphatic carbocycles. The Bertz CT molecular complexity index is 585. The van der Waals surface area contributed by atoms with E-state index in [9.17, 15) is 4.39 Å². The number of nitrogens with one attached hydrogen (secondary N) is 1. The minimum absolute atomic E-state index is 0.144. The van der Waals surface area contributed by atoms with Crippen LogP contribution >= 0.6 is 0 Å². The first kappa shape index (κ1) is 13.3. The summed E-state index contributed by atoms with van der Waals surface area (Å²) in [6.45, 7) is 0.555. The lowest BCUT2D eigenvalue weighted by Gasteiger charge is -2.25. The summed E-state index contributed by atoms with van der Waals surface area (Å²) >= 11 is 0. The minimum atomic E-state index is -0.144. The molecule has 1 saturated carbocycles. The molecule has 2 aromatic carbocycles. The summed E-state index contributed by atoms with van der Waals surface area (Å²) < 4.78 is 13.7. The molecule has 1 fully saturated rings. The maximum Gasteiger partial charge on any atom is 0.127 e. The lowest BCUT2D eigenvalue weighted by atomic mass is 9.80. The molecule has 1 N–H and O–H groups in total. The highest BCUT2D eigenvalue weighted by Gasteiger charge is 2.19. The first-order valence-electron chi connectivity index (χ1n) is 7.31. The molecule has 0 radical (unpaired) electrons. The van der Waals surface area contributed by atoms with Crippen molar-refractivity contribution in [3.8, 4) is 11.1 Å². The molecule has 2 aromatic rings. The van der Waals surface area contributed by atoms with Gasteiger partial charge in [-0.3, -0.25) is 0 Å². The van der Waals surface area contributed by atoms with Crippen LogP contribution < -0.4 is 5.32 Å². The zero-order valence-corrected chi connectivity index (χ0v) is 11.8. The van der Waals surface area contributed by atoms with Crippen LogP contribution in [0.5, 0.6) is 0 Å². The average Bonchev–Trinajstić information content (AvgIpc) is 2.41. The number of halogens is 1. The quantitative estimate of drug-likeness (QED) is 0.863. The van der Waals surface area contributed by atoms with Crippen LogP contribution in [-0.4, -0.2) is 7.05 Å². The molecule has 104 valence electrons. The van der Waals surface area contributed by atoms with E-state index in [-0.39, 0.29) is 5.82 Å². The molecule has 0 atom stereocenters. The fourth-order valence-electron chi connectivity index (χ4n) is 2.77. The van der Waals surface area contributed by atoms with Gasteiger partial charge in [0.1, 0.15) is 5.82 Å². The minimum Gasteiger partial charge on any atom is -0.316 e. The van der Waals surface area contributed by atoms with E-state index in [0.29, 0.717) is 12.1 Å². The Kier molecular flexibility index (Phi) is 3.83. The molecule has 0 spiro atoms. The van der Waals surface area contributed by atoms with Gasteiger partial charge in [0, 0.05) is 12.1 Å². The fourth-order valence-corrected chi connectivity index (χ4v) is 2.77. The normalized spacial score (nSPS) is 15.1. The van der Waals surface area contributed by atoms with Crippen molar-refractivity contribution in [2.24, 2.45) is 0 Å². The van der Waals surface area contributed by atoms with Gasteiger partial charge in [0.15, 0.2) is 0 Å². The maximum atomic E-state index is 13.7. The molecule has 0 unspecified atom stereocenters. The fraction of sp³-hybridized carbons (Fsp3) is 0.333. The Balaban J connectivity index is 1.86. The smallest absolute Gasteiger partial charge is 0.127 e. The topological polar surface area (TPSA) is 12.0 Å². The van der Waals surface area contributed by atoms with Gasteiger partial charge in [-0.15, -0.1) is 0 Å². The summed E-state index contributed by atoms with van der Waals surface area (Å²) in [5.74, 6) is 0.617. The standard InChI is InChI=1S/C18H20FN/c1-20-12-17-11-16(9-10-18(17)19)15-7-5-14(6-8-15)13-3-2-4-13/h5-11,13,20H,2-4,12H2,1H3. The molecule has 1 nitrogen and oxygen atoms in total. The molecule has 3 rings (SSSR count). The summed E-state index contributed by atoms with van der Waals surface area (Å²) in [7, 11) is 1.83. The molecule has 0 amide bonds. The van der Waals surface area contributed by atoms with Crippen molar-refractivity contribution in [2.75, 3.05) is 7.05 Å². The van der Waals surface area contributed by atoms with Crippen molar-refractivity contribution in [1.82, 2.24) is 5.32 Å². The summed E-state index contributed by atoms with van der Waals surface area (Å²) in [5, 5.41) is 3.00. The molecule has 1 aliphatic rings. The third-order valence-corrected chi connectivity index (χ3v) is 4.23. The van der Waals surface area contributed by atoms with E-state index in [1.165, 1.54) is 24.8 Å². The zero-order chi connectivity index (χ0) is 13.9. The SMILES string of the molecule is CNCc1cc(-c2ccc(C3CCC3)cc2)ccc1F. The first-order chi connectivity index (χ1) is 9.78. The van der Waals surface area contributed by atoms with Crippen molar-refractivity contribution in [3.63, 3.8) is 0 Å². The molecule has 0 aromatic heterocycles. The van der Waals surface area contributed by atoms with Gasteiger partial charge in [0.25, 0.3) is 0 Å². The third-order valence-electron chi connectivity index (χ3n) is 4.23. The lowest BCUT2D eigenvalue weighted by molar-refractivity contribution is 0.420. The lowest BCUT2D eigenvalue weighted by Crippen LogP contribution is -2.08. The van der Waals surface area contributed by atoms with E-state index >= 15 is 0 Å². The van der Waals surface area contributed by atoms with Crippen LogP contribution in [0.4, 0.5) is 4.39 Å². The molecule has 2 heteroatoms. The molecule has 0 aliphatic heterocycles. The van der Waals surface area contributed by atoms with Crippen LogP contribution in [-0.2, 0) is 6.54 Å². The molecule has 0 bridgehead atoms.